The number of aromatic nitrogens is 2. The molecule has 0 radical (unpaired) electrons. The van der Waals surface area contributed by atoms with Gasteiger partial charge in [0.2, 0.25) is 0 Å². The summed E-state index contributed by atoms with van der Waals surface area (Å²) < 4.78 is 0. The number of aromatic amines is 2. The number of hydrogen-bond donors (Lipinski definition) is 2. The quantitative estimate of drug-likeness (QED) is 0.786. The van der Waals surface area contributed by atoms with Gasteiger partial charge in [0.05, 0.1) is 6.67 Å². The number of hydrogen-bond acceptors (Lipinski definition) is 5. The first-order valence-corrected chi connectivity index (χ1v) is 7.78. The van der Waals surface area contributed by atoms with E-state index < -0.39 is 5.69 Å². The van der Waals surface area contributed by atoms with Crippen molar-refractivity contribution in [1.29, 1.82) is 0 Å². The minimum absolute atomic E-state index is 0.187. The zero-order chi connectivity index (χ0) is 16.3. The van der Waals surface area contributed by atoms with Crippen molar-refractivity contribution < 1.29 is 4.79 Å². The van der Waals surface area contributed by atoms with Crippen LogP contribution < -0.4 is 21.0 Å². The van der Waals surface area contributed by atoms with Crippen molar-refractivity contribution in [2.45, 2.75) is 40.0 Å². The Labute approximate surface area is 129 Å². The summed E-state index contributed by atoms with van der Waals surface area (Å²) in [6.07, 6.45) is 2.33. The fourth-order valence-corrected chi connectivity index (χ4v) is 2.94. The van der Waals surface area contributed by atoms with Gasteiger partial charge in [-0.2, -0.15) is 0 Å². The summed E-state index contributed by atoms with van der Waals surface area (Å²) in [6, 6.07) is 0. The van der Waals surface area contributed by atoms with E-state index in [0.29, 0.717) is 31.1 Å². The Morgan fingerprint density at radius 3 is 2.59 bits per heavy atom. The Bertz CT molecular complexity index is 649. The number of nitrogens with one attached hydrogen (secondary N) is 2. The normalized spacial score (nSPS) is 15.0. The molecule has 2 rings (SSSR count). The van der Waals surface area contributed by atoms with Crippen LogP contribution >= 0.6 is 0 Å². The second kappa shape index (κ2) is 6.81. The van der Waals surface area contributed by atoms with E-state index in [1.165, 1.54) is 0 Å². The third-order valence-electron chi connectivity index (χ3n) is 3.89. The zero-order valence-electron chi connectivity index (χ0n) is 13.4. The van der Waals surface area contributed by atoms with Gasteiger partial charge in [-0.05, 0) is 25.7 Å². The summed E-state index contributed by atoms with van der Waals surface area (Å²) >= 11 is 0. The molecule has 1 atom stereocenters. The Hall–Kier alpha value is -2.05. The molecule has 0 saturated heterocycles. The van der Waals surface area contributed by atoms with Crippen LogP contribution in [0.1, 0.15) is 40.0 Å². The van der Waals surface area contributed by atoms with Gasteiger partial charge in [-0.25, -0.2) is 4.79 Å². The van der Waals surface area contributed by atoms with Crippen molar-refractivity contribution >= 4 is 17.3 Å². The monoisotopic (exact) mass is 308 g/mol. The smallest absolute Gasteiger partial charge is 0.327 e. The molecule has 1 unspecified atom stereocenters. The second-order valence-electron chi connectivity index (χ2n) is 6.07. The highest BCUT2D eigenvalue weighted by molar-refractivity contribution is 5.75. The lowest BCUT2D eigenvalue weighted by atomic mass is 10.0. The van der Waals surface area contributed by atoms with Gasteiger partial charge in [0.1, 0.15) is 17.3 Å². The maximum absolute atomic E-state index is 12.1. The standard InChI is InChI=1S/C15H24N4O3/c1-4-6-18-9-19(7-5-10(2)8-11(3)20)13-12(18)14(21)17-15(22)16-13/h10H,4-9H2,1-3H3,(H2,16,17,21,22). The summed E-state index contributed by atoms with van der Waals surface area (Å²) in [5.41, 5.74) is -0.281. The summed E-state index contributed by atoms with van der Waals surface area (Å²) in [7, 11) is 0. The van der Waals surface area contributed by atoms with E-state index in [2.05, 4.69) is 16.9 Å². The van der Waals surface area contributed by atoms with E-state index in [4.69, 9.17) is 0 Å². The minimum atomic E-state index is -0.483. The highest BCUT2D eigenvalue weighted by Gasteiger charge is 2.29. The Morgan fingerprint density at radius 2 is 1.95 bits per heavy atom. The largest absolute Gasteiger partial charge is 0.346 e. The van der Waals surface area contributed by atoms with Crippen LogP contribution in [0.25, 0.3) is 0 Å². The molecule has 0 saturated carbocycles. The van der Waals surface area contributed by atoms with E-state index in [9.17, 15) is 14.4 Å². The molecule has 1 aromatic heterocycles. The maximum Gasteiger partial charge on any atom is 0.327 e. The summed E-state index contributed by atoms with van der Waals surface area (Å²) in [6.45, 7) is 7.77. The SMILES string of the molecule is CCCN1CN(CCC(C)CC(C)=O)c2[nH]c(=O)[nH]c(=O)c21. The van der Waals surface area contributed by atoms with Crippen LogP contribution in [0.4, 0.5) is 11.5 Å². The van der Waals surface area contributed by atoms with Crippen LogP contribution in [0.15, 0.2) is 9.59 Å². The van der Waals surface area contributed by atoms with Crippen LogP contribution in [0, 0.1) is 5.92 Å². The van der Waals surface area contributed by atoms with Gasteiger partial charge in [-0.15, -0.1) is 0 Å². The maximum atomic E-state index is 12.1. The van der Waals surface area contributed by atoms with Gasteiger partial charge in [0, 0.05) is 19.5 Å². The number of Topliss-reactive ketones (excluding diaryl/α,β-unsaturated/α-hetero) is 1. The molecule has 7 heteroatoms. The molecule has 0 spiro atoms. The van der Waals surface area contributed by atoms with Crippen LogP contribution in [0.5, 0.6) is 0 Å². The second-order valence-corrected chi connectivity index (χ2v) is 6.07. The molecule has 0 bridgehead atoms. The number of nitrogens with zero attached hydrogens (tertiary/aromatic N) is 2. The van der Waals surface area contributed by atoms with Gasteiger partial charge < -0.3 is 14.6 Å². The van der Waals surface area contributed by atoms with Crippen molar-refractivity contribution in [3.8, 4) is 0 Å². The number of ketones is 1. The Balaban J connectivity index is 2.17. The van der Waals surface area contributed by atoms with Crippen LogP contribution in [-0.4, -0.2) is 35.5 Å². The molecule has 1 aromatic rings. The number of rotatable bonds is 7. The van der Waals surface area contributed by atoms with E-state index in [1.807, 2.05) is 16.7 Å². The average Bonchev–Trinajstić information content (AvgIpc) is 2.74. The fraction of sp³-hybridized carbons (Fsp3) is 0.667. The molecule has 7 nitrogen and oxygen atoms in total. The average molecular weight is 308 g/mol. The molecule has 2 N–H and O–H groups in total. The van der Waals surface area contributed by atoms with E-state index in [-0.39, 0.29) is 17.3 Å². The molecule has 1 aliphatic heterocycles. The number of carbonyl (C=O) groups excluding carboxylic acids is 1. The topological polar surface area (TPSA) is 89.3 Å². The first kappa shape index (κ1) is 16.3. The third kappa shape index (κ3) is 3.58. The fourth-order valence-electron chi connectivity index (χ4n) is 2.94. The molecule has 0 aliphatic carbocycles. The van der Waals surface area contributed by atoms with Crippen molar-refractivity contribution in [2.75, 3.05) is 29.6 Å². The lowest BCUT2D eigenvalue weighted by Crippen LogP contribution is -2.33. The highest BCUT2D eigenvalue weighted by Crippen LogP contribution is 2.30. The van der Waals surface area contributed by atoms with Crippen molar-refractivity contribution in [1.82, 2.24) is 9.97 Å². The number of H-pyrrole nitrogens is 2. The third-order valence-corrected chi connectivity index (χ3v) is 3.89. The minimum Gasteiger partial charge on any atom is -0.346 e. The molecule has 0 fully saturated rings. The highest BCUT2D eigenvalue weighted by atomic mass is 16.2. The van der Waals surface area contributed by atoms with Gasteiger partial charge >= 0.3 is 5.69 Å². The number of anilines is 2. The predicted molar refractivity (Wildman–Crippen MR) is 86.6 cm³/mol. The number of fused-ring (bicyclic) bond motifs is 1. The molecule has 122 valence electrons. The lowest BCUT2D eigenvalue weighted by molar-refractivity contribution is -0.117. The first-order valence-electron chi connectivity index (χ1n) is 7.78. The van der Waals surface area contributed by atoms with Crippen LogP contribution in [0.2, 0.25) is 0 Å². The first-order chi connectivity index (χ1) is 10.4. The summed E-state index contributed by atoms with van der Waals surface area (Å²) in [5.74, 6) is 1.07. The number of carbonyl (C=O) groups is 1. The van der Waals surface area contributed by atoms with Gasteiger partial charge in [0.25, 0.3) is 5.56 Å². The van der Waals surface area contributed by atoms with Gasteiger partial charge in [-0.3, -0.25) is 14.8 Å². The molecular weight excluding hydrogens is 284 g/mol. The van der Waals surface area contributed by atoms with E-state index in [0.717, 1.165) is 19.4 Å². The molecule has 0 amide bonds. The molecular formula is C15H24N4O3. The van der Waals surface area contributed by atoms with Crippen LogP contribution in [-0.2, 0) is 4.79 Å². The summed E-state index contributed by atoms with van der Waals surface area (Å²) in [5, 5.41) is 0. The van der Waals surface area contributed by atoms with Crippen molar-refractivity contribution in [2.24, 2.45) is 5.92 Å². The van der Waals surface area contributed by atoms with Crippen molar-refractivity contribution in [3.63, 3.8) is 0 Å². The molecule has 22 heavy (non-hydrogen) atoms. The van der Waals surface area contributed by atoms with E-state index in [1.54, 1.807) is 6.92 Å². The van der Waals surface area contributed by atoms with Crippen molar-refractivity contribution in [3.05, 3.63) is 20.8 Å². The van der Waals surface area contributed by atoms with E-state index >= 15 is 0 Å². The van der Waals surface area contributed by atoms with Gasteiger partial charge in [-0.1, -0.05) is 13.8 Å². The lowest BCUT2D eigenvalue weighted by Gasteiger charge is -2.22. The Kier molecular flexibility index (Phi) is 5.05. The zero-order valence-corrected chi connectivity index (χ0v) is 13.4. The molecule has 1 aliphatic rings. The van der Waals surface area contributed by atoms with Crippen LogP contribution in [0.3, 0.4) is 0 Å². The predicted octanol–water partition coefficient (Wildman–Crippen LogP) is 1.06. The summed E-state index contributed by atoms with van der Waals surface area (Å²) in [4.78, 5) is 43.8. The Morgan fingerprint density at radius 1 is 1.23 bits per heavy atom. The molecule has 0 aromatic carbocycles. The molecule has 2 heterocycles. The van der Waals surface area contributed by atoms with Gasteiger partial charge in [0.15, 0.2) is 0 Å².